The highest BCUT2D eigenvalue weighted by atomic mass is 32.2. The van der Waals surface area contributed by atoms with Crippen LogP contribution in [0.1, 0.15) is 32.1 Å². The van der Waals surface area contributed by atoms with Gasteiger partial charge in [0.15, 0.2) is 0 Å². The van der Waals surface area contributed by atoms with Gasteiger partial charge in [0.2, 0.25) is 5.91 Å². The van der Waals surface area contributed by atoms with Gasteiger partial charge in [-0.3, -0.25) is 9.59 Å². The largest absolute Gasteiger partial charge is 0.481 e. The molecule has 2 unspecified atom stereocenters. The predicted molar refractivity (Wildman–Crippen MR) is 127 cm³/mol. The number of likely N-dealkylation sites (N-methyl/N-ethyl adjacent to an activating group) is 1. The van der Waals surface area contributed by atoms with Crippen LogP contribution >= 0.6 is 11.8 Å². The van der Waals surface area contributed by atoms with E-state index in [1.165, 1.54) is 0 Å². The Morgan fingerprint density at radius 3 is 2.26 bits per heavy atom. The van der Waals surface area contributed by atoms with E-state index in [9.17, 15) is 14.4 Å². The van der Waals surface area contributed by atoms with Crippen LogP contribution in [0, 0.1) is 0 Å². The maximum absolute atomic E-state index is 12.0. The number of fused-ring (bicyclic) bond motifs is 1. The van der Waals surface area contributed by atoms with Gasteiger partial charge in [-0.1, -0.05) is 6.42 Å². The Hall–Kier alpha value is -1.60. The van der Waals surface area contributed by atoms with E-state index in [-0.39, 0.29) is 37.0 Å². The molecule has 2 fully saturated rings. The predicted octanol–water partition coefficient (Wildman–Crippen LogP) is 0.712. The fourth-order valence-corrected chi connectivity index (χ4v) is 5.52. The lowest BCUT2D eigenvalue weighted by atomic mass is 10.0. The second-order valence-corrected chi connectivity index (χ2v) is 9.49. The number of carbonyl (C=O) groups excluding carboxylic acids is 2. The third-order valence-corrected chi connectivity index (χ3v) is 7.14. The van der Waals surface area contributed by atoms with Crippen LogP contribution in [0.5, 0.6) is 0 Å². The number of hydrogen-bond acceptors (Lipinski definition) is 8. The Labute approximate surface area is 205 Å². The molecule has 0 aromatic carbocycles. The minimum Gasteiger partial charge on any atom is -0.481 e. The summed E-state index contributed by atoms with van der Waals surface area (Å²) in [7, 11) is 1.86. The first kappa shape index (κ1) is 28.6. The van der Waals surface area contributed by atoms with Gasteiger partial charge in [-0.15, -0.1) is 0 Å². The van der Waals surface area contributed by atoms with Crippen molar-refractivity contribution < 1.29 is 38.4 Å². The molecule has 11 nitrogen and oxygen atoms in total. The van der Waals surface area contributed by atoms with Crippen molar-refractivity contribution in [2.75, 3.05) is 72.2 Å². The Balaban J connectivity index is 1.30. The topological polar surface area (TPSA) is 136 Å². The van der Waals surface area contributed by atoms with Crippen molar-refractivity contribution in [3.63, 3.8) is 0 Å². The molecule has 2 saturated heterocycles. The van der Waals surface area contributed by atoms with Crippen LogP contribution in [0.3, 0.4) is 0 Å². The van der Waals surface area contributed by atoms with Crippen LogP contribution in [0.25, 0.3) is 0 Å². The highest BCUT2D eigenvalue weighted by molar-refractivity contribution is 8.00. The quantitative estimate of drug-likeness (QED) is 0.161. The summed E-state index contributed by atoms with van der Waals surface area (Å²) in [6, 6.07) is 0.561. The number of carbonyl (C=O) groups is 3. The summed E-state index contributed by atoms with van der Waals surface area (Å²) in [5, 5.41) is 14.8. The molecule has 2 heterocycles. The average molecular weight is 506 g/mol. The lowest BCUT2D eigenvalue weighted by molar-refractivity contribution is -0.138. The van der Waals surface area contributed by atoms with Crippen LogP contribution in [0.4, 0.5) is 4.79 Å². The first-order valence-corrected chi connectivity index (χ1v) is 13.0. The third kappa shape index (κ3) is 11.2. The summed E-state index contributed by atoms with van der Waals surface area (Å²) < 4.78 is 21.2. The van der Waals surface area contributed by atoms with Crippen molar-refractivity contribution in [3.05, 3.63) is 0 Å². The van der Waals surface area contributed by atoms with Crippen molar-refractivity contribution in [1.82, 2.24) is 15.5 Å². The zero-order valence-corrected chi connectivity index (χ0v) is 20.8. The van der Waals surface area contributed by atoms with E-state index in [0.717, 1.165) is 25.0 Å². The fraction of sp³-hybridized carbons (Fsp3) is 0.864. The number of hydrogen-bond donors (Lipinski definition) is 3. The molecule has 3 amide bonds. The van der Waals surface area contributed by atoms with Gasteiger partial charge in [0.25, 0.3) is 0 Å². The molecule has 2 rings (SSSR count). The normalized spacial score (nSPS) is 21.5. The summed E-state index contributed by atoms with van der Waals surface area (Å²) in [6.07, 6.45) is 3.34. The lowest BCUT2D eigenvalue weighted by Gasteiger charge is -2.23. The van der Waals surface area contributed by atoms with Crippen LogP contribution in [-0.4, -0.2) is 117 Å². The second kappa shape index (κ2) is 16.9. The van der Waals surface area contributed by atoms with Gasteiger partial charge in [-0.2, -0.15) is 11.8 Å². The third-order valence-electron chi connectivity index (χ3n) is 5.65. The lowest BCUT2D eigenvalue weighted by Crippen LogP contribution is -2.38. The summed E-state index contributed by atoms with van der Waals surface area (Å²) >= 11 is 1.92. The Bertz CT molecular complexity index is 627. The van der Waals surface area contributed by atoms with Crippen molar-refractivity contribution in [1.29, 1.82) is 0 Å². The monoisotopic (exact) mass is 505 g/mol. The van der Waals surface area contributed by atoms with Crippen LogP contribution in [0.2, 0.25) is 0 Å². The first-order valence-electron chi connectivity index (χ1n) is 11.9. The standard InChI is InChI=1S/C22H39N3O8S/c1-25-21-17(24-22(25)29)16-34-18(21)4-2-3-5-19(26)23-7-9-31-11-13-33-15-14-32-12-10-30-8-6-20(27)28/h17-18,21H,2-16H2,1H3,(H,23,26)(H,24,29)(H,27,28)/t17?,18-,21?/m0/s1. The van der Waals surface area contributed by atoms with Gasteiger partial charge >= 0.3 is 12.0 Å². The molecule has 0 bridgehead atoms. The number of aliphatic carboxylic acids is 1. The first-order chi connectivity index (χ1) is 16.5. The maximum atomic E-state index is 12.0. The molecule has 0 spiro atoms. The van der Waals surface area contributed by atoms with Gasteiger partial charge < -0.3 is 39.6 Å². The molecule has 0 aromatic heterocycles. The number of rotatable bonds is 20. The van der Waals surface area contributed by atoms with Gasteiger partial charge in [0.1, 0.15) is 0 Å². The van der Waals surface area contributed by atoms with E-state index in [1.54, 1.807) is 0 Å². The minimum absolute atomic E-state index is 0.00555. The number of carboxylic acid groups (broad SMARTS) is 1. The molecule has 0 saturated carbocycles. The van der Waals surface area contributed by atoms with E-state index in [0.29, 0.717) is 64.5 Å². The van der Waals surface area contributed by atoms with Gasteiger partial charge in [0.05, 0.1) is 71.4 Å². The molecule has 2 aliphatic rings. The molecular formula is C22H39N3O8S. The molecule has 34 heavy (non-hydrogen) atoms. The van der Waals surface area contributed by atoms with E-state index in [1.807, 2.05) is 23.7 Å². The van der Waals surface area contributed by atoms with E-state index in [4.69, 9.17) is 24.1 Å². The van der Waals surface area contributed by atoms with Crippen LogP contribution in [0.15, 0.2) is 0 Å². The maximum Gasteiger partial charge on any atom is 0.317 e. The zero-order chi connectivity index (χ0) is 24.6. The number of carboxylic acids is 1. The van der Waals surface area contributed by atoms with Gasteiger partial charge in [-0.25, -0.2) is 4.79 Å². The smallest absolute Gasteiger partial charge is 0.317 e. The summed E-state index contributed by atoms with van der Waals surface area (Å²) in [4.78, 5) is 35.8. The van der Waals surface area contributed by atoms with Crippen molar-refractivity contribution >= 4 is 29.7 Å². The van der Waals surface area contributed by atoms with Crippen molar-refractivity contribution in [2.45, 2.75) is 49.4 Å². The van der Waals surface area contributed by atoms with Gasteiger partial charge in [0, 0.05) is 31.0 Å². The molecule has 0 aliphatic carbocycles. The van der Waals surface area contributed by atoms with Crippen LogP contribution in [-0.2, 0) is 28.5 Å². The number of urea groups is 1. The van der Waals surface area contributed by atoms with E-state index in [2.05, 4.69) is 10.6 Å². The molecule has 3 N–H and O–H groups in total. The average Bonchev–Trinajstić information content (AvgIpc) is 3.33. The number of thioether (sulfide) groups is 1. The molecule has 3 atom stereocenters. The highest BCUT2D eigenvalue weighted by Gasteiger charge is 2.46. The number of ether oxygens (including phenoxy) is 4. The molecular weight excluding hydrogens is 466 g/mol. The number of unbranched alkanes of at least 4 members (excludes halogenated alkanes) is 1. The summed E-state index contributed by atoms with van der Waals surface area (Å²) in [6.45, 7) is 3.64. The summed E-state index contributed by atoms with van der Waals surface area (Å²) in [5.74, 6) is 0.130. The van der Waals surface area contributed by atoms with Crippen molar-refractivity contribution in [3.8, 4) is 0 Å². The van der Waals surface area contributed by atoms with E-state index >= 15 is 0 Å². The number of amides is 3. The van der Waals surface area contributed by atoms with E-state index < -0.39 is 5.97 Å². The SMILES string of the molecule is CN1C(=O)NC2CS[C@@H](CCCCC(=O)NCCOCCOCCOCCOCCC(=O)O)C21. The van der Waals surface area contributed by atoms with Crippen molar-refractivity contribution in [2.24, 2.45) is 0 Å². The second-order valence-electron chi connectivity index (χ2n) is 8.22. The minimum atomic E-state index is -0.877. The fourth-order valence-electron chi connectivity index (χ4n) is 3.88. The Kier molecular flexibility index (Phi) is 14.3. The molecule has 12 heteroatoms. The highest BCUT2D eigenvalue weighted by Crippen LogP contribution is 2.36. The summed E-state index contributed by atoms with van der Waals surface area (Å²) in [5.41, 5.74) is 0. The zero-order valence-electron chi connectivity index (χ0n) is 20.0. The molecule has 2 aliphatic heterocycles. The Morgan fingerprint density at radius 2 is 1.62 bits per heavy atom. The molecule has 0 radical (unpaired) electrons. The molecule has 196 valence electrons. The van der Waals surface area contributed by atoms with Gasteiger partial charge in [-0.05, 0) is 12.8 Å². The Morgan fingerprint density at radius 1 is 1.00 bits per heavy atom. The van der Waals surface area contributed by atoms with Crippen LogP contribution < -0.4 is 10.6 Å². The number of nitrogens with one attached hydrogen (secondary N) is 2. The molecule has 0 aromatic rings. The number of nitrogens with zero attached hydrogens (tertiary/aromatic N) is 1.